The summed E-state index contributed by atoms with van der Waals surface area (Å²) in [7, 11) is 1.90. The summed E-state index contributed by atoms with van der Waals surface area (Å²) >= 11 is 0. The van der Waals surface area contributed by atoms with E-state index in [1.807, 2.05) is 13.1 Å². The van der Waals surface area contributed by atoms with Crippen molar-refractivity contribution >= 4 is 5.69 Å². The molecule has 98 valence electrons. The molecule has 2 nitrogen and oxygen atoms in total. The first-order valence-corrected chi connectivity index (χ1v) is 6.49. The van der Waals surface area contributed by atoms with Gasteiger partial charge in [-0.3, -0.25) is 0 Å². The number of halogens is 1. The van der Waals surface area contributed by atoms with Crippen molar-refractivity contribution in [3.8, 4) is 0 Å². The molecule has 0 aromatic heterocycles. The molecule has 1 heterocycles. The van der Waals surface area contributed by atoms with Crippen molar-refractivity contribution < 1.29 is 4.39 Å². The van der Waals surface area contributed by atoms with Crippen molar-refractivity contribution in [1.29, 1.82) is 0 Å². The minimum absolute atomic E-state index is 0.121. The Morgan fingerprint density at radius 2 is 2.17 bits per heavy atom. The van der Waals surface area contributed by atoms with Gasteiger partial charge in [0, 0.05) is 19.1 Å². The Kier molecular flexibility index (Phi) is 4.02. The summed E-state index contributed by atoms with van der Waals surface area (Å²) in [4.78, 5) is 2.15. The van der Waals surface area contributed by atoms with Gasteiger partial charge in [0.25, 0.3) is 0 Å². The minimum atomic E-state index is -0.121. The lowest BCUT2D eigenvalue weighted by molar-refractivity contribution is 0.597. The van der Waals surface area contributed by atoms with Crippen molar-refractivity contribution in [2.45, 2.75) is 26.3 Å². The van der Waals surface area contributed by atoms with Gasteiger partial charge in [-0.2, -0.15) is 0 Å². The molecule has 0 bridgehead atoms. The Labute approximate surface area is 108 Å². The summed E-state index contributed by atoms with van der Waals surface area (Å²) in [5.41, 5.74) is 3.10. The van der Waals surface area contributed by atoms with E-state index in [-0.39, 0.29) is 11.9 Å². The molecule has 1 aromatic rings. The Bertz CT molecular complexity index is 454. The molecule has 1 aliphatic heterocycles. The summed E-state index contributed by atoms with van der Waals surface area (Å²) in [6.45, 7) is 5.88. The van der Waals surface area contributed by atoms with Crippen molar-refractivity contribution in [1.82, 2.24) is 5.32 Å². The van der Waals surface area contributed by atoms with E-state index in [2.05, 4.69) is 30.1 Å². The van der Waals surface area contributed by atoms with Gasteiger partial charge >= 0.3 is 0 Å². The highest BCUT2D eigenvalue weighted by atomic mass is 19.1. The van der Waals surface area contributed by atoms with Gasteiger partial charge < -0.3 is 10.2 Å². The van der Waals surface area contributed by atoms with Crippen LogP contribution in [0, 0.1) is 5.82 Å². The summed E-state index contributed by atoms with van der Waals surface area (Å²) in [5, 5.41) is 3.19. The van der Waals surface area contributed by atoms with E-state index in [9.17, 15) is 4.39 Å². The van der Waals surface area contributed by atoms with Gasteiger partial charge in [0.1, 0.15) is 5.82 Å². The van der Waals surface area contributed by atoms with E-state index in [1.165, 1.54) is 5.57 Å². The molecule has 1 aliphatic rings. The van der Waals surface area contributed by atoms with Crippen LogP contribution in [0.1, 0.15) is 31.9 Å². The summed E-state index contributed by atoms with van der Waals surface area (Å²) in [6.07, 6.45) is 3.23. The fraction of sp³-hybridized carbons (Fsp3) is 0.467. The molecule has 18 heavy (non-hydrogen) atoms. The second kappa shape index (κ2) is 5.53. The Balaban J connectivity index is 2.39. The Morgan fingerprint density at radius 1 is 1.39 bits per heavy atom. The van der Waals surface area contributed by atoms with E-state index < -0.39 is 0 Å². The maximum atomic E-state index is 14.2. The zero-order valence-corrected chi connectivity index (χ0v) is 11.3. The van der Waals surface area contributed by atoms with Crippen LogP contribution >= 0.6 is 0 Å². The van der Waals surface area contributed by atoms with E-state index in [0.29, 0.717) is 0 Å². The third-order valence-electron chi connectivity index (χ3n) is 3.57. The third kappa shape index (κ3) is 2.56. The van der Waals surface area contributed by atoms with Crippen LogP contribution in [-0.2, 0) is 0 Å². The molecule has 0 aliphatic carbocycles. The highest BCUT2D eigenvalue weighted by molar-refractivity contribution is 5.57. The van der Waals surface area contributed by atoms with Crippen molar-refractivity contribution in [3.63, 3.8) is 0 Å². The Hall–Kier alpha value is -1.35. The van der Waals surface area contributed by atoms with E-state index in [0.717, 1.165) is 30.8 Å². The fourth-order valence-electron chi connectivity index (χ4n) is 2.47. The first-order valence-electron chi connectivity index (χ1n) is 6.49. The molecule has 0 spiro atoms. The number of benzene rings is 1. The second-order valence-corrected chi connectivity index (χ2v) is 4.95. The molecule has 0 fully saturated rings. The van der Waals surface area contributed by atoms with Crippen LogP contribution in [0.3, 0.4) is 0 Å². The van der Waals surface area contributed by atoms with Crippen LogP contribution in [0.2, 0.25) is 0 Å². The van der Waals surface area contributed by atoms with Crippen molar-refractivity contribution in [2.24, 2.45) is 0 Å². The van der Waals surface area contributed by atoms with Crippen LogP contribution in [0.4, 0.5) is 10.1 Å². The van der Waals surface area contributed by atoms with Crippen molar-refractivity contribution in [2.75, 3.05) is 25.0 Å². The van der Waals surface area contributed by atoms with Crippen LogP contribution < -0.4 is 10.2 Å². The molecule has 1 unspecified atom stereocenters. The van der Waals surface area contributed by atoms with E-state index in [1.54, 1.807) is 12.1 Å². The molecule has 0 radical (unpaired) electrons. The number of nitrogens with one attached hydrogen (secondary N) is 1. The van der Waals surface area contributed by atoms with Gasteiger partial charge in [-0.15, -0.1) is 0 Å². The average Bonchev–Trinajstić information content (AvgIpc) is 2.37. The number of rotatable bonds is 3. The lowest BCUT2D eigenvalue weighted by Gasteiger charge is -2.31. The number of anilines is 1. The predicted octanol–water partition coefficient (Wildman–Crippen LogP) is 3.26. The van der Waals surface area contributed by atoms with Gasteiger partial charge in [-0.05, 0) is 38.9 Å². The zero-order valence-electron chi connectivity index (χ0n) is 11.3. The molecular weight excluding hydrogens is 227 g/mol. The number of hydrogen-bond acceptors (Lipinski definition) is 2. The van der Waals surface area contributed by atoms with E-state index >= 15 is 0 Å². The van der Waals surface area contributed by atoms with Gasteiger partial charge in [-0.1, -0.05) is 23.8 Å². The SMILES string of the molecule is CNC(C)c1cccc(F)c1N1CCC=C(C)C1. The monoisotopic (exact) mass is 248 g/mol. The first-order chi connectivity index (χ1) is 8.63. The fourth-order valence-corrected chi connectivity index (χ4v) is 2.47. The molecule has 1 aromatic carbocycles. The predicted molar refractivity (Wildman–Crippen MR) is 74.5 cm³/mol. The molecule has 0 saturated heterocycles. The first kappa shape index (κ1) is 13.1. The minimum Gasteiger partial charge on any atom is -0.365 e. The zero-order chi connectivity index (χ0) is 13.1. The topological polar surface area (TPSA) is 15.3 Å². The van der Waals surface area contributed by atoms with Crippen LogP contribution in [0.5, 0.6) is 0 Å². The number of nitrogens with zero attached hydrogens (tertiary/aromatic N) is 1. The maximum absolute atomic E-state index is 14.2. The lowest BCUT2D eigenvalue weighted by atomic mass is 10.0. The quantitative estimate of drug-likeness (QED) is 0.826. The molecule has 0 saturated carbocycles. The lowest BCUT2D eigenvalue weighted by Crippen LogP contribution is -2.31. The van der Waals surface area contributed by atoms with Crippen LogP contribution in [0.25, 0.3) is 0 Å². The standard InChI is InChI=1S/C15H21FN2/c1-11-6-5-9-18(10-11)15-13(12(2)17-3)7-4-8-14(15)16/h4,6-8,12,17H,5,9-10H2,1-3H3. The molecule has 0 amide bonds. The smallest absolute Gasteiger partial charge is 0.146 e. The van der Waals surface area contributed by atoms with Crippen LogP contribution in [0.15, 0.2) is 29.8 Å². The van der Waals surface area contributed by atoms with Crippen LogP contribution in [-0.4, -0.2) is 20.1 Å². The maximum Gasteiger partial charge on any atom is 0.146 e. The second-order valence-electron chi connectivity index (χ2n) is 4.95. The molecule has 1 atom stereocenters. The average molecular weight is 248 g/mol. The summed E-state index contributed by atoms with van der Waals surface area (Å²) in [5.74, 6) is -0.121. The largest absolute Gasteiger partial charge is 0.365 e. The highest BCUT2D eigenvalue weighted by Crippen LogP contribution is 2.31. The van der Waals surface area contributed by atoms with Gasteiger partial charge in [-0.25, -0.2) is 4.39 Å². The molecule has 2 rings (SSSR count). The van der Waals surface area contributed by atoms with Gasteiger partial charge in [0.2, 0.25) is 0 Å². The highest BCUT2D eigenvalue weighted by Gasteiger charge is 2.20. The number of hydrogen-bond donors (Lipinski definition) is 1. The molecule has 1 N–H and O–H groups in total. The van der Waals surface area contributed by atoms with Crippen molar-refractivity contribution in [3.05, 3.63) is 41.2 Å². The van der Waals surface area contributed by atoms with E-state index in [4.69, 9.17) is 0 Å². The number of para-hydroxylation sites is 1. The molecule has 3 heteroatoms. The van der Waals surface area contributed by atoms with Gasteiger partial charge in [0.15, 0.2) is 0 Å². The molecular formula is C15H21FN2. The Morgan fingerprint density at radius 3 is 2.83 bits per heavy atom. The normalized spacial score (nSPS) is 17.6. The third-order valence-corrected chi connectivity index (χ3v) is 3.57. The summed E-state index contributed by atoms with van der Waals surface area (Å²) in [6, 6.07) is 5.50. The summed E-state index contributed by atoms with van der Waals surface area (Å²) < 4.78 is 14.2. The van der Waals surface area contributed by atoms with Gasteiger partial charge in [0.05, 0.1) is 5.69 Å².